The van der Waals surface area contributed by atoms with Crippen LogP contribution in [0.15, 0.2) is 0 Å². The van der Waals surface area contributed by atoms with Gasteiger partial charge in [-0.1, -0.05) is 0 Å². The van der Waals surface area contributed by atoms with Gasteiger partial charge in [-0.15, -0.1) is 0 Å². The molecule has 0 aliphatic heterocycles. The van der Waals surface area contributed by atoms with Crippen LogP contribution in [0.3, 0.4) is 0 Å². The van der Waals surface area contributed by atoms with Crippen LogP contribution >= 0.6 is 7.60 Å². The maximum atomic E-state index is 12.9. The topological polar surface area (TPSA) is 55.8 Å². The average Bonchev–Trinajstić information content (AvgIpc) is 2.48. The zero-order valence-corrected chi connectivity index (χ0v) is 13.4. The van der Waals surface area contributed by atoms with Crippen molar-refractivity contribution in [3.05, 3.63) is 0 Å². The molecule has 4 nitrogen and oxygen atoms in total. The maximum Gasteiger partial charge on any atom is 0.459 e. The summed E-state index contributed by atoms with van der Waals surface area (Å²) in [5, 5.41) is 8.48. The third kappa shape index (κ3) is 5.38. The molecule has 0 aromatic carbocycles. The molecule has 0 aliphatic carbocycles. The molecule has 19 heteroatoms. The molecule has 28 heavy (non-hydrogen) atoms. The second kappa shape index (κ2) is 7.75. The average molecular weight is 476 g/mol. The Hall–Kier alpha value is -0.870. The van der Waals surface area contributed by atoms with Gasteiger partial charge in [-0.05, 0) is 0 Å². The van der Waals surface area contributed by atoms with Gasteiger partial charge in [0.05, 0.1) is 0 Å². The lowest BCUT2D eigenvalue weighted by atomic mass is 10.2. The number of hydrogen-bond acceptors (Lipinski definition) is 4. The second-order valence-corrected chi connectivity index (χ2v) is 6.87. The normalized spacial score (nSPS) is 15.8. The molecule has 0 fully saturated rings. The van der Waals surface area contributed by atoms with Gasteiger partial charge in [0.1, 0.15) is 19.6 Å². The number of halogens is 14. The maximum absolute atomic E-state index is 12.9. The molecular weight excluding hydrogens is 469 g/mol. The van der Waals surface area contributed by atoms with Crippen LogP contribution in [0.1, 0.15) is 0 Å². The zero-order chi connectivity index (χ0) is 23.0. The Morgan fingerprint density at radius 1 is 0.607 bits per heavy atom. The van der Waals surface area contributed by atoms with Crippen molar-refractivity contribution in [3.63, 3.8) is 0 Å². The van der Waals surface area contributed by atoms with Gasteiger partial charge in [0.15, 0.2) is 0 Å². The first-order valence-electron chi connectivity index (χ1n) is 6.11. The zero-order valence-electron chi connectivity index (χ0n) is 12.5. The monoisotopic (exact) mass is 476 g/mol. The highest BCUT2D eigenvalue weighted by atomic mass is 31.2. The minimum Gasteiger partial charge on any atom is -0.384 e. The molecule has 0 unspecified atom stereocenters. The van der Waals surface area contributed by atoms with E-state index in [1.54, 1.807) is 0 Å². The van der Waals surface area contributed by atoms with Crippen LogP contribution in [-0.4, -0.2) is 60.7 Å². The summed E-state index contributed by atoms with van der Waals surface area (Å²) in [4.78, 5) is 0. The summed E-state index contributed by atoms with van der Waals surface area (Å²) >= 11 is 0. The Balaban J connectivity index is 5.35. The van der Waals surface area contributed by atoms with Crippen LogP contribution in [0.5, 0.6) is 0 Å². The molecule has 0 bridgehead atoms. The lowest BCUT2D eigenvalue weighted by molar-refractivity contribution is -0.360. The summed E-state index contributed by atoms with van der Waals surface area (Å²) in [6, 6.07) is 0. The van der Waals surface area contributed by atoms with E-state index in [1.807, 2.05) is 0 Å². The molecule has 1 N–H and O–H groups in total. The van der Waals surface area contributed by atoms with E-state index < -0.39 is 63.2 Å². The third-order valence-electron chi connectivity index (χ3n) is 2.69. The first-order chi connectivity index (χ1) is 12.0. The Morgan fingerprint density at radius 2 is 0.857 bits per heavy atom. The SMILES string of the molecule is O=P(CO)(OCC(F)(F)C(F)(F)C(F)(F)F)OCC(F)(F)C(F)(F)C(F)(F)F. The lowest BCUT2D eigenvalue weighted by Gasteiger charge is -2.30. The van der Waals surface area contributed by atoms with Gasteiger partial charge in [-0.3, -0.25) is 4.57 Å². The van der Waals surface area contributed by atoms with Gasteiger partial charge < -0.3 is 14.2 Å². The van der Waals surface area contributed by atoms with Crippen LogP contribution in [0.25, 0.3) is 0 Å². The van der Waals surface area contributed by atoms with Gasteiger partial charge in [0.2, 0.25) is 0 Å². The smallest absolute Gasteiger partial charge is 0.384 e. The van der Waals surface area contributed by atoms with Crippen LogP contribution < -0.4 is 0 Å². The molecule has 0 rings (SSSR count). The van der Waals surface area contributed by atoms with Crippen molar-refractivity contribution in [3.8, 4) is 0 Å². The number of rotatable bonds is 9. The number of aliphatic hydroxyl groups is 1. The van der Waals surface area contributed by atoms with Crippen molar-refractivity contribution in [2.45, 2.75) is 36.0 Å². The van der Waals surface area contributed by atoms with E-state index in [4.69, 9.17) is 5.11 Å². The Kier molecular flexibility index (Phi) is 7.51. The molecule has 0 aliphatic rings. The summed E-state index contributed by atoms with van der Waals surface area (Å²) in [5.41, 5.74) is 0. The van der Waals surface area contributed by atoms with E-state index in [-0.39, 0.29) is 0 Å². The predicted molar refractivity (Wildman–Crippen MR) is 58.5 cm³/mol. The minimum atomic E-state index is -6.88. The summed E-state index contributed by atoms with van der Waals surface area (Å²) in [6.07, 6.45) is -16.1. The number of hydrogen-bond donors (Lipinski definition) is 1. The van der Waals surface area contributed by atoms with E-state index in [0.717, 1.165) is 0 Å². The molecule has 0 aromatic heterocycles. The van der Waals surface area contributed by atoms with E-state index in [0.29, 0.717) is 0 Å². The summed E-state index contributed by atoms with van der Waals surface area (Å²) in [7, 11) is -5.94. The third-order valence-corrected chi connectivity index (χ3v) is 4.08. The number of alkyl halides is 14. The van der Waals surface area contributed by atoms with Crippen molar-refractivity contribution in [1.82, 2.24) is 0 Å². The highest BCUT2D eigenvalue weighted by molar-refractivity contribution is 7.53. The quantitative estimate of drug-likeness (QED) is 0.383. The van der Waals surface area contributed by atoms with E-state index >= 15 is 0 Å². The molecular formula is C9H7F14O4P. The predicted octanol–water partition coefficient (Wildman–Crippen LogP) is 4.83. The summed E-state index contributed by atoms with van der Waals surface area (Å²) < 4.78 is 191. The fourth-order valence-corrected chi connectivity index (χ4v) is 2.03. The Bertz CT molecular complexity index is 536. The number of aliphatic hydroxyl groups excluding tert-OH is 1. The van der Waals surface area contributed by atoms with Crippen molar-refractivity contribution >= 4 is 7.60 Å². The van der Waals surface area contributed by atoms with Crippen LogP contribution in [0.4, 0.5) is 61.5 Å². The second-order valence-electron chi connectivity index (χ2n) is 4.85. The standard InChI is InChI=1S/C9H7F14O4P/c10-4(11,6(14,15)8(18,19)20)1-26-28(25,3-24)27-2-5(12,13)7(16,17)9(21,22)23/h24H,1-3H2. The van der Waals surface area contributed by atoms with Crippen LogP contribution in [-0.2, 0) is 13.6 Å². The highest BCUT2D eigenvalue weighted by Crippen LogP contribution is 2.54. The van der Waals surface area contributed by atoms with Crippen molar-refractivity contribution in [2.24, 2.45) is 0 Å². The Labute approximate surface area is 144 Å². The van der Waals surface area contributed by atoms with Gasteiger partial charge in [-0.2, -0.15) is 61.5 Å². The van der Waals surface area contributed by atoms with E-state index in [1.165, 1.54) is 0 Å². The summed E-state index contributed by atoms with van der Waals surface area (Å²) in [5.74, 6) is -26.1. The van der Waals surface area contributed by atoms with E-state index in [2.05, 4.69) is 9.05 Å². The van der Waals surface area contributed by atoms with E-state index in [9.17, 15) is 66.0 Å². The summed E-state index contributed by atoms with van der Waals surface area (Å²) in [6.45, 7) is -6.39. The lowest BCUT2D eigenvalue weighted by Crippen LogP contribution is -2.54. The van der Waals surface area contributed by atoms with Gasteiger partial charge in [0.25, 0.3) is 0 Å². The van der Waals surface area contributed by atoms with Crippen LogP contribution in [0, 0.1) is 0 Å². The van der Waals surface area contributed by atoms with Gasteiger partial charge in [-0.25, -0.2) is 0 Å². The highest BCUT2D eigenvalue weighted by Gasteiger charge is 2.74. The molecule has 0 heterocycles. The fourth-order valence-electron chi connectivity index (χ4n) is 1.07. The van der Waals surface area contributed by atoms with Crippen molar-refractivity contribution in [1.29, 1.82) is 0 Å². The van der Waals surface area contributed by atoms with Crippen molar-refractivity contribution in [2.75, 3.05) is 19.6 Å². The Morgan fingerprint density at radius 3 is 1.04 bits per heavy atom. The van der Waals surface area contributed by atoms with Gasteiger partial charge in [0, 0.05) is 0 Å². The molecule has 0 saturated carbocycles. The molecule has 0 atom stereocenters. The fraction of sp³-hybridized carbons (Fsp3) is 1.00. The van der Waals surface area contributed by atoms with Crippen molar-refractivity contribution < 1.29 is 80.2 Å². The molecule has 0 amide bonds. The largest absolute Gasteiger partial charge is 0.459 e. The molecule has 170 valence electrons. The molecule has 0 saturated heterocycles. The van der Waals surface area contributed by atoms with Gasteiger partial charge >= 0.3 is 43.6 Å². The van der Waals surface area contributed by atoms with Crippen LogP contribution in [0.2, 0.25) is 0 Å². The molecule has 0 aromatic rings. The molecule has 0 spiro atoms. The first kappa shape index (κ1) is 27.1. The first-order valence-corrected chi connectivity index (χ1v) is 7.84. The minimum absolute atomic E-state index is 2.33. The molecule has 0 radical (unpaired) electrons.